The third kappa shape index (κ3) is 3.00. The van der Waals surface area contributed by atoms with Crippen LogP contribution in [0.1, 0.15) is 10.4 Å². The van der Waals surface area contributed by atoms with E-state index in [1.165, 1.54) is 7.11 Å². The number of amides is 1. The zero-order valence-corrected chi connectivity index (χ0v) is 10.5. The van der Waals surface area contributed by atoms with E-state index in [0.717, 1.165) is 0 Å². The maximum atomic E-state index is 11.7. The minimum atomic E-state index is -0.253. The highest BCUT2D eigenvalue weighted by atomic mass is 79.9. The number of nitrogen functional groups attached to an aromatic ring is 1. The lowest BCUT2D eigenvalue weighted by molar-refractivity contribution is 0.0958. The molecule has 1 amide bonds. The summed E-state index contributed by atoms with van der Waals surface area (Å²) in [6.07, 6.45) is 0. The average molecular weight is 285 g/mol. The van der Waals surface area contributed by atoms with Gasteiger partial charge in [0.05, 0.1) is 18.4 Å². The van der Waals surface area contributed by atoms with Crippen LogP contribution in [-0.2, 0) is 0 Å². The minimum absolute atomic E-state index is 0.253. The lowest BCUT2D eigenvalue weighted by Gasteiger charge is -2.09. The summed E-state index contributed by atoms with van der Waals surface area (Å²) in [6.45, 7) is 3.98. The number of para-hydroxylation sites is 1. The number of carbonyl (C=O) groups is 1. The second kappa shape index (κ2) is 5.55. The van der Waals surface area contributed by atoms with Gasteiger partial charge in [-0.1, -0.05) is 28.6 Å². The highest BCUT2D eigenvalue weighted by Crippen LogP contribution is 2.24. The van der Waals surface area contributed by atoms with E-state index in [-0.39, 0.29) is 5.91 Å². The van der Waals surface area contributed by atoms with Crippen molar-refractivity contribution in [2.75, 3.05) is 19.4 Å². The van der Waals surface area contributed by atoms with Crippen LogP contribution in [0.5, 0.6) is 5.75 Å². The molecule has 4 nitrogen and oxygen atoms in total. The number of rotatable bonds is 4. The van der Waals surface area contributed by atoms with E-state index < -0.39 is 0 Å². The van der Waals surface area contributed by atoms with Gasteiger partial charge in [0.15, 0.2) is 0 Å². The van der Waals surface area contributed by atoms with Crippen LogP contribution in [0, 0.1) is 0 Å². The Balaban J connectivity index is 2.87. The summed E-state index contributed by atoms with van der Waals surface area (Å²) in [5, 5.41) is 2.67. The van der Waals surface area contributed by atoms with Crippen LogP contribution in [0.25, 0.3) is 0 Å². The van der Waals surface area contributed by atoms with Crippen LogP contribution in [0.4, 0.5) is 5.69 Å². The first kappa shape index (κ1) is 12.6. The quantitative estimate of drug-likeness (QED) is 0.831. The predicted octanol–water partition coefficient (Wildman–Crippen LogP) is 1.92. The van der Waals surface area contributed by atoms with Crippen LogP contribution in [-0.4, -0.2) is 19.6 Å². The zero-order chi connectivity index (χ0) is 12.1. The summed E-state index contributed by atoms with van der Waals surface area (Å²) in [5.74, 6) is 0.238. The van der Waals surface area contributed by atoms with Crippen LogP contribution < -0.4 is 15.8 Å². The van der Waals surface area contributed by atoms with Crippen molar-refractivity contribution < 1.29 is 9.53 Å². The van der Waals surface area contributed by atoms with Gasteiger partial charge in [-0.2, -0.15) is 0 Å². The number of hydrogen-bond donors (Lipinski definition) is 2. The Labute approximate surface area is 103 Å². The van der Waals surface area contributed by atoms with Gasteiger partial charge in [-0.3, -0.25) is 4.79 Å². The molecule has 0 aliphatic carbocycles. The summed E-state index contributed by atoms with van der Waals surface area (Å²) in [5.41, 5.74) is 6.51. The van der Waals surface area contributed by atoms with Crippen molar-refractivity contribution in [1.29, 1.82) is 0 Å². The molecule has 0 saturated carbocycles. The summed E-state index contributed by atoms with van der Waals surface area (Å²) >= 11 is 3.16. The molecule has 1 aromatic rings. The van der Waals surface area contributed by atoms with E-state index in [1.807, 2.05) is 0 Å². The Morgan fingerprint density at radius 1 is 1.62 bits per heavy atom. The lowest BCUT2D eigenvalue weighted by Crippen LogP contribution is -2.25. The molecule has 0 radical (unpaired) electrons. The van der Waals surface area contributed by atoms with Gasteiger partial charge in [0.1, 0.15) is 5.75 Å². The van der Waals surface area contributed by atoms with Gasteiger partial charge in [0.25, 0.3) is 5.91 Å². The monoisotopic (exact) mass is 284 g/mol. The van der Waals surface area contributed by atoms with Crippen molar-refractivity contribution in [1.82, 2.24) is 5.32 Å². The van der Waals surface area contributed by atoms with Crippen molar-refractivity contribution in [3.8, 4) is 5.75 Å². The summed E-state index contributed by atoms with van der Waals surface area (Å²) in [7, 11) is 1.51. The molecule has 3 N–H and O–H groups in total. The molecular weight excluding hydrogens is 272 g/mol. The standard InChI is InChI=1S/C11H13BrN2O2/c1-7(12)6-14-11(15)8-4-3-5-9(16-2)10(8)13/h3-5H,1,6,13H2,2H3,(H,14,15). The molecule has 1 rings (SSSR count). The number of nitrogens with two attached hydrogens (primary N) is 1. The Bertz CT molecular complexity index is 418. The summed E-state index contributed by atoms with van der Waals surface area (Å²) in [6, 6.07) is 5.06. The third-order valence-corrected chi connectivity index (χ3v) is 2.25. The van der Waals surface area contributed by atoms with Crippen molar-refractivity contribution >= 4 is 27.5 Å². The fraction of sp³-hybridized carbons (Fsp3) is 0.182. The molecule has 0 aliphatic heterocycles. The topological polar surface area (TPSA) is 64.3 Å². The normalized spacial score (nSPS) is 9.62. The second-order valence-electron chi connectivity index (χ2n) is 3.12. The Hall–Kier alpha value is -1.49. The largest absolute Gasteiger partial charge is 0.495 e. The van der Waals surface area contributed by atoms with Gasteiger partial charge in [-0.15, -0.1) is 0 Å². The summed E-state index contributed by atoms with van der Waals surface area (Å²) < 4.78 is 5.73. The molecule has 5 heteroatoms. The SMILES string of the molecule is C=C(Br)CNC(=O)c1cccc(OC)c1N. The first-order valence-electron chi connectivity index (χ1n) is 4.60. The van der Waals surface area contributed by atoms with E-state index in [1.54, 1.807) is 18.2 Å². The molecule has 0 aromatic heterocycles. The fourth-order valence-corrected chi connectivity index (χ4v) is 1.33. The van der Waals surface area contributed by atoms with E-state index in [9.17, 15) is 4.79 Å². The van der Waals surface area contributed by atoms with Gasteiger partial charge < -0.3 is 15.8 Å². The van der Waals surface area contributed by atoms with E-state index in [0.29, 0.717) is 28.0 Å². The first-order chi connectivity index (χ1) is 7.56. The second-order valence-corrected chi connectivity index (χ2v) is 4.24. The average Bonchev–Trinajstić information content (AvgIpc) is 2.26. The van der Waals surface area contributed by atoms with E-state index in [4.69, 9.17) is 10.5 Å². The Morgan fingerprint density at radius 3 is 2.88 bits per heavy atom. The molecule has 0 unspecified atom stereocenters. The van der Waals surface area contributed by atoms with Gasteiger partial charge >= 0.3 is 0 Å². The molecule has 0 bridgehead atoms. The number of anilines is 1. The molecule has 16 heavy (non-hydrogen) atoms. The number of methoxy groups -OCH3 is 1. The molecule has 0 heterocycles. The summed E-state index contributed by atoms with van der Waals surface area (Å²) in [4.78, 5) is 11.7. The van der Waals surface area contributed by atoms with Gasteiger partial charge in [-0.25, -0.2) is 0 Å². The van der Waals surface area contributed by atoms with Crippen molar-refractivity contribution in [3.05, 3.63) is 34.8 Å². The van der Waals surface area contributed by atoms with Gasteiger partial charge in [-0.05, 0) is 12.1 Å². The van der Waals surface area contributed by atoms with Gasteiger partial charge in [0.2, 0.25) is 0 Å². The van der Waals surface area contributed by atoms with Crippen LogP contribution in [0.2, 0.25) is 0 Å². The van der Waals surface area contributed by atoms with Crippen LogP contribution in [0.3, 0.4) is 0 Å². The highest BCUT2D eigenvalue weighted by molar-refractivity contribution is 9.11. The van der Waals surface area contributed by atoms with Crippen LogP contribution >= 0.6 is 15.9 Å². The fourth-order valence-electron chi connectivity index (χ4n) is 1.19. The molecule has 0 spiro atoms. The number of ether oxygens (including phenoxy) is 1. The van der Waals surface area contributed by atoms with Crippen LogP contribution in [0.15, 0.2) is 29.3 Å². The molecule has 0 aliphatic rings. The third-order valence-electron chi connectivity index (χ3n) is 1.97. The molecule has 1 aromatic carbocycles. The maximum Gasteiger partial charge on any atom is 0.253 e. The smallest absolute Gasteiger partial charge is 0.253 e. The molecule has 86 valence electrons. The number of hydrogen-bond acceptors (Lipinski definition) is 3. The number of nitrogens with one attached hydrogen (secondary N) is 1. The molecule has 0 fully saturated rings. The molecule has 0 atom stereocenters. The van der Waals surface area contributed by atoms with E-state index in [2.05, 4.69) is 27.8 Å². The number of benzene rings is 1. The number of halogens is 1. The molecule has 0 saturated heterocycles. The Kier molecular flexibility index (Phi) is 4.37. The predicted molar refractivity (Wildman–Crippen MR) is 67.8 cm³/mol. The van der Waals surface area contributed by atoms with Crippen molar-refractivity contribution in [2.45, 2.75) is 0 Å². The van der Waals surface area contributed by atoms with E-state index >= 15 is 0 Å². The van der Waals surface area contributed by atoms with Crippen molar-refractivity contribution in [3.63, 3.8) is 0 Å². The first-order valence-corrected chi connectivity index (χ1v) is 5.39. The maximum absolute atomic E-state index is 11.7. The minimum Gasteiger partial charge on any atom is -0.495 e. The highest BCUT2D eigenvalue weighted by Gasteiger charge is 2.12. The van der Waals surface area contributed by atoms with Gasteiger partial charge in [0, 0.05) is 11.0 Å². The number of carbonyl (C=O) groups excluding carboxylic acids is 1. The Morgan fingerprint density at radius 2 is 2.31 bits per heavy atom. The lowest BCUT2D eigenvalue weighted by atomic mass is 10.1. The van der Waals surface area contributed by atoms with Crippen molar-refractivity contribution in [2.24, 2.45) is 0 Å². The zero-order valence-electron chi connectivity index (χ0n) is 8.92. The molecular formula is C11H13BrN2O2.